The Morgan fingerprint density at radius 2 is 1.76 bits per heavy atom. The maximum absolute atomic E-state index is 13.4. The van der Waals surface area contributed by atoms with Crippen LogP contribution >= 0.6 is 0 Å². The highest BCUT2D eigenvalue weighted by Crippen LogP contribution is 2.23. The number of nitriles is 1. The summed E-state index contributed by atoms with van der Waals surface area (Å²) in [5.74, 6) is -1.21. The second-order valence-corrected chi connectivity index (χ2v) is 9.20. The number of hydrogen-bond acceptors (Lipinski definition) is 6. The molecule has 3 unspecified atom stereocenters. The number of benzene rings is 1. The van der Waals surface area contributed by atoms with E-state index in [1.807, 2.05) is 39.0 Å². The van der Waals surface area contributed by atoms with Crippen LogP contribution in [0.25, 0.3) is 0 Å². The first-order valence-electron chi connectivity index (χ1n) is 11.6. The SMILES string of the molecule is CCCC(C)NC(=O)C(c1ccc(CC)cc1)N(CC#N)C(=O)C(CO)NC(=O)OC(C)(C)C. The fourth-order valence-corrected chi connectivity index (χ4v) is 3.44. The topological polar surface area (TPSA) is 132 Å². The van der Waals surface area contributed by atoms with Gasteiger partial charge in [0.05, 0.1) is 12.7 Å². The molecule has 9 nitrogen and oxygen atoms in total. The minimum atomic E-state index is -1.39. The number of aliphatic hydroxyl groups excluding tert-OH is 1. The summed E-state index contributed by atoms with van der Waals surface area (Å²) in [6.07, 6.45) is 1.53. The molecule has 0 radical (unpaired) electrons. The largest absolute Gasteiger partial charge is 0.444 e. The molecule has 188 valence electrons. The summed E-state index contributed by atoms with van der Waals surface area (Å²) in [4.78, 5) is 40.0. The third-order valence-corrected chi connectivity index (χ3v) is 5.07. The number of aryl methyl sites for hydroxylation is 1. The predicted octanol–water partition coefficient (Wildman–Crippen LogP) is 2.83. The molecule has 3 amide bonds. The zero-order valence-electron chi connectivity index (χ0n) is 21.1. The highest BCUT2D eigenvalue weighted by Gasteiger charge is 2.36. The van der Waals surface area contributed by atoms with Crippen molar-refractivity contribution < 1.29 is 24.2 Å². The van der Waals surface area contributed by atoms with E-state index < -0.39 is 48.7 Å². The molecule has 9 heteroatoms. The molecule has 3 atom stereocenters. The van der Waals surface area contributed by atoms with E-state index in [2.05, 4.69) is 10.6 Å². The lowest BCUT2D eigenvalue weighted by molar-refractivity contribution is -0.142. The Morgan fingerprint density at radius 1 is 1.15 bits per heavy atom. The number of ether oxygens (including phenoxy) is 1. The molecule has 0 saturated heterocycles. The van der Waals surface area contributed by atoms with Gasteiger partial charge in [0.15, 0.2) is 0 Å². The normalized spacial score (nSPS) is 13.7. The van der Waals surface area contributed by atoms with Gasteiger partial charge in [-0.05, 0) is 51.7 Å². The van der Waals surface area contributed by atoms with Gasteiger partial charge >= 0.3 is 6.09 Å². The van der Waals surface area contributed by atoms with Gasteiger partial charge in [-0.3, -0.25) is 9.59 Å². The van der Waals surface area contributed by atoms with Crippen LogP contribution in [0.1, 0.15) is 71.6 Å². The van der Waals surface area contributed by atoms with Gasteiger partial charge in [-0.25, -0.2) is 4.79 Å². The number of nitrogens with zero attached hydrogens (tertiary/aromatic N) is 2. The average Bonchev–Trinajstić information content (AvgIpc) is 2.76. The Kier molecular flexibility index (Phi) is 11.5. The highest BCUT2D eigenvalue weighted by atomic mass is 16.6. The van der Waals surface area contributed by atoms with E-state index in [-0.39, 0.29) is 6.04 Å². The summed E-state index contributed by atoms with van der Waals surface area (Å²) in [5, 5.41) is 24.5. The van der Waals surface area contributed by atoms with Crippen molar-refractivity contribution in [3.8, 4) is 6.07 Å². The zero-order chi connectivity index (χ0) is 25.9. The average molecular weight is 475 g/mol. The first-order valence-corrected chi connectivity index (χ1v) is 11.6. The van der Waals surface area contributed by atoms with Crippen molar-refractivity contribution in [2.24, 2.45) is 0 Å². The molecule has 1 rings (SSSR count). The lowest BCUT2D eigenvalue weighted by Crippen LogP contribution is -2.55. The van der Waals surface area contributed by atoms with E-state index in [1.165, 1.54) is 0 Å². The van der Waals surface area contributed by atoms with Crippen LogP contribution < -0.4 is 10.6 Å². The van der Waals surface area contributed by atoms with Crippen LogP contribution in [0.15, 0.2) is 24.3 Å². The minimum Gasteiger partial charge on any atom is -0.444 e. The first-order chi connectivity index (χ1) is 16.0. The van der Waals surface area contributed by atoms with Crippen LogP contribution in [0.2, 0.25) is 0 Å². The van der Waals surface area contributed by atoms with Crippen LogP contribution in [0, 0.1) is 11.3 Å². The molecule has 0 aliphatic carbocycles. The van der Waals surface area contributed by atoms with Gasteiger partial charge in [0.1, 0.15) is 24.2 Å². The number of nitrogens with one attached hydrogen (secondary N) is 2. The number of hydrogen-bond donors (Lipinski definition) is 3. The molecule has 0 bridgehead atoms. The minimum absolute atomic E-state index is 0.137. The highest BCUT2D eigenvalue weighted by molar-refractivity contribution is 5.92. The smallest absolute Gasteiger partial charge is 0.408 e. The number of carbonyl (C=O) groups excluding carboxylic acids is 3. The lowest BCUT2D eigenvalue weighted by atomic mass is 10.00. The van der Waals surface area contributed by atoms with Gasteiger partial charge in [-0.15, -0.1) is 0 Å². The van der Waals surface area contributed by atoms with Crippen molar-refractivity contribution >= 4 is 17.9 Å². The molecule has 0 heterocycles. The molecule has 0 aromatic heterocycles. The van der Waals surface area contributed by atoms with Gasteiger partial charge < -0.3 is 25.4 Å². The van der Waals surface area contributed by atoms with Crippen LogP contribution in [-0.2, 0) is 20.7 Å². The molecule has 0 fully saturated rings. The summed E-state index contributed by atoms with van der Waals surface area (Å²) in [6, 6.07) is 6.51. The Morgan fingerprint density at radius 3 is 2.24 bits per heavy atom. The molecule has 0 aliphatic rings. The fraction of sp³-hybridized carbons (Fsp3) is 0.600. The second-order valence-electron chi connectivity index (χ2n) is 9.20. The molecular formula is C25H38N4O5. The molecule has 3 N–H and O–H groups in total. The fourth-order valence-electron chi connectivity index (χ4n) is 3.44. The number of carbonyl (C=O) groups is 3. The third kappa shape index (κ3) is 9.02. The number of rotatable bonds is 11. The number of amides is 3. The van der Waals surface area contributed by atoms with E-state index >= 15 is 0 Å². The van der Waals surface area contributed by atoms with Crippen LogP contribution in [0.4, 0.5) is 4.79 Å². The Labute approximate surface area is 202 Å². The monoisotopic (exact) mass is 474 g/mol. The van der Waals surface area contributed by atoms with Gasteiger partial charge in [0.2, 0.25) is 11.8 Å². The maximum atomic E-state index is 13.4. The third-order valence-electron chi connectivity index (χ3n) is 5.07. The Balaban J connectivity index is 3.34. The quantitative estimate of drug-likeness (QED) is 0.423. The van der Waals surface area contributed by atoms with E-state index in [4.69, 9.17) is 4.74 Å². The van der Waals surface area contributed by atoms with Crippen LogP contribution in [0.5, 0.6) is 0 Å². The van der Waals surface area contributed by atoms with Gasteiger partial charge in [-0.1, -0.05) is 44.5 Å². The van der Waals surface area contributed by atoms with Crippen molar-refractivity contribution in [2.45, 2.75) is 84.5 Å². The zero-order valence-corrected chi connectivity index (χ0v) is 21.1. The second kappa shape index (κ2) is 13.6. The molecule has 1 aromatic carbocycles. The summed E-state index contributed by atoms with van der Waals surface area (Å²) < 4.78 is 5.18. The summed E-state index contributed by atoms with van der Waals surface area (Å²) in [5.41, 5.74) is 0.773. The van der Waals surface area contributed by atoms with Gasteiger partial charge in [0, 0.05) is 6.04 Å². The van der Waals surface area contributed by atoms with Crippen molar-refractivity contribution in [2.75, 3.05) is 13.2 Å². The van der Waals surface area contributed by atoms with E-state index in [0.717, 1.165) is 29.7 Å². The standard InChI is InChI=1S/C25H38N4O5/c1-7-9-17(3)27-22(31)21(19-12-10-18(8-2)11-13-19)29(15-14-26)23(32)20(16-30)28-24(33)34-25(4,5)6/h10-13,17,20-21,30H,7-9,15-16H2,1-6H3,(H,27,31)(H,28,33). The summed E-state index contributed by atoms with van der Waals surface area (Å²) in [6.45, 7) is 9.74. The van der Waals surface area contributed by atoms with Crippen molar-refractivity contribution in [3.63, 3.8) is 0 Å². The Hall–Kier alpha value is -3.12. The molecule has 0 saturated carbocycles. The van der Waals surface area contributed by atoms with Crippen molar-refractivity contribution in [1.29, 1.82) is 5.26 Å². The van der Waals surface area contributed by atoms with Gasteiger partial charge in [-0.2, -0.15) is 5.26 Å². The van der Waals surface area contributed by atoms with E-state index in [0.29, 0.717) is 5.56 Å². The number of aliphatic hydroxyl groups is 1. The molecule has 1 aromatic rings. The maximum Gasteiger partial charge on any atom is 0.408 e. The van der Waals surface area contributed by atoms with Crippen LogP contribution in [0.3, 0.4) is 0 Å². The van der Waals surface area contributed by atoms with Gasteiger partial charge in [0.25, 0.3) is 0 Å². The molecule has 34 heavy (non-hydrogen) atoms. The molecule has 0 aliphatic heterocycles. The first kappa shape index (κ1) is 28.9. The van der Waals surface area contributed by atoms with Crippen LogP contribution in [-0.4, -0.2) is 58.8 Å². The Bertz CT molecular complexity index is 858. The number of alkyl carbamates (subject to hydrolysis) is 1. The summed E-state index contributed by atoms with van der Waals surface area (Å²) >= 11 is 0. The molecular weight excluding hydrogens is 436 g/mol. The van der Waals surface area contributed by atoms with E-state index in [9.17, 15) is 24.8 Å². The van der Waals surface area contributed by atoms with Crippen molar-refractivity contribution in [1.82, 2.24) is 15.5 Å². The summed E-state index contributed by atoms with van der Waals surface area (Å²) in [7, 11) is 0. The lowest BCUT2D eigenvalue weighted by Gasteiger charge is -2.33. The predicted molar refractivity (Wildman–Crippen MR) is 129 cm³/mol. The van der Waals surface area contributed by atoms with Crippen molar-refractivity contribution in [3.05, 3.63) is 35.4 Å². The van der Waals surface area contributed by atoms with E-state index in [1.54, 1.807) is 32.9 Å². The molecule has 0 spiro atoms.